The minimum absolute atomic E-state index is 0.308. The summed E-state index contributed by atoms with van der Waals surface area (Å²) in [6.45, 7) is 8.98. The smallest absolute Gasteiger partial charge is 0.475 e. The summed E-state index contributed by atoms with van der Waals surface area (Å²) >= 11 is 1.18. The van der Waals surface area contributed by atoms with Gasteiger partial charge in [-0.1, -0.05) is 58.4 Å². The van der Waals surface area contributed by atoms with Crippen LogP contribution in [-0.4, -0.2) is 59.0 Å². The van der Waals surface area contributed by atoms with E-state index in [4.69, 9.17) is 14.2 Å². The van der Waals surface area contributed by atoms with Gasteiger partial charge in [0, 0.05) is 18.9 Å². The first kappa shape index (κ1) is 25.6. The molecule has 0 aliphatic carbocycles. The zero-order chi connectivity index (χ0) is 22.5. The number of rotatable bonds is 14. The highest BCUT2D eigenvalue weighted by molar-refractivity contribution is 6.99. The second-order valence-electron chi connectivity index (χ2n) is 8.58. The number of unbranched alkanes of at least 4 members (excludes halogenated alkanes) is 6. The molecule has 1 aliphatic rings. The third-order valence-corrected chi connectivity index (χ3v) is 6.44. The minimum atomic E-state index is -0.578. The molecule has 31 heavy (non-hydrogen) atoms. The Bertz CT molecular complexity index is 694. The SMILES string of the molecule is CCCCCCOC(=O)OC(C)[N+]1(C)CCC=C(c2nsnc2OCCCCCC)C1. The number of ether oxygens (including phenoxy) is 3. The van der Waals surface area contributed by atoms with Crippen LogP contribution < -0.4 is 4.74 Å². The number of carbonyl (C=O) groups is 1. The zero-order valence-corrected chi connectivity index (χ0v) is 20.5. The van der Waals surface area contributed by atoms with Crippen molar-refractivity contribution in [3.05, 3.63) is 11.8 Å². The molecule has 2 atom stereocenters. The standard InChI is InChI=1S/C23H40N3O4S/c1-5-7-9-11-16-28-22-21(24-31-25-22)20-14-13-15-26(4,18-20)19(3)30-23(27)29-17-12-10-8-6-2/h14,19H,5-13,15-18H2,1-4H3/q+1. The van der Waals surface area contributed by atoms with E-state index in [1.807, 2.05) is 6.92 Å². The van der Waals surface area contributed by atoms with Gasteiger partial charge in [0.2, 0.25) is 6.23 Å². The van der Waals surface area contributed by atoms with Gasteiger partial charge in [0.1, 0.15) is 12.2 Å². The fraction of sp³-hybridized carbons (Fsp3) is 0.783. The minimum Gasteiger partial charge on any atom is -0.475 e. The van der Waals surface area contributed by atoms with Gasteiger partial charge in [-0.05, 0) is 12.8 Å². The first-order valence-corrected chi connectivity index (χ1v) is 12.6. The summed E-state index contributed by atoms with van der Waals surface area (Å²) in [7, 11) is 2.11. The molecule has 0 bridgehead atoms. The first-order chi connectivity index (χ1) is 15.0. The van der Waals surface area contributed by atoms with Gasteiger partial charge in [-0.15, -0.1) is 4.37 Å². The van der Waals surface area contributed by atoms with Crippen LogP contribution in [0, 0.1) is 0 Å². The van der Waals surface area contributed by atoms with Gasteiger partial charge in [0.05, 0.1) is 38.5 Å². The van der Waals surface area contributed by atoms with Crippen LogP contribution in [0.5, 0.6) is 5.88 Å². The molecule has 1 aromatic rings. The van der Waals surface area contributed by atoms with E-state index < -0.39 is 6.16 Å². The fourth-order valence-corrected chi connectivity index (χ4v) is 4.23. The van der Waals surface area contributed by atoms with E-state index in [9.17, 15) is 4.79 Å². The molecule has 1 aliphatic heterocycles. The van der Waals surface area contributed by atoms with Gasteiger partial charge in [0.15, 0.2) is 0 Å². The Labute approximate surface area is 191 Å². The third kappa shape index (κ3) is 8.41. The summed E-state index contributed by atoms with van der Waals surface area (Å²) < 4.78 is 26.3. The van der Waals surface area contributed by atoms with Crippen molar-refractivity contribution >= 4 is 23.5 Å². The van der Waals surface area contributed by atoms with Crippen molar-refractivity contribution in [2.75, 3.05) is 33.4 Å². The first-order valence-electron chi connectivity index (χ1n) is 11.8. The van der Waals surface area contributed by atoms with E-state index in [-0.39, 0.29) is 6.23 Å². The number of quaternary nitrogens is 1. The zero-order valence-electron chi connectivity index (χ0n) is 19.7. The van der Waals surface area contributed by atoms with Crippen LogP contribution in [0.25, 0.3) is 5.57 Å². The molecule has 0 fully saturated rings. The molecule has 0 spiro atoms. The van der Waals surface area contributed by atoms with E-state index in [0.717, 1.165) is 56.3 Å². The van der Waals surface area contributed by atoms with Crippen molar-refractivity contribution in [2.45, 2.75) is 84.8 Å². The number of hydrogen-bond donors (Lipinski definition) is 0. The van der Waals surface area contributed by atoms with Gasteiger partial charge in [-0.2, -0.15) is 4.37 Å². The van der Waals surface area contributed by atoms with Crippen molar-refractivity contribution < 1.29 is 23.5 Å². The van der Waals surface area contributed by atoms with Crippen molar-refractivity contribution in [1.29, 1.82) is 0 Å². The van der Waals surface area contributed by atoms with Crippen LogP contribution in [0.4, 0.5) is 4.79 Å². The normalized spacial score (nSPS) is 19.5. The second kappa shape index (κ2) is 13.7. The molecule has 0 amide bonds. The van der Waals surface area contributed by atoms with Crippen molar-refractivity contribution in [1.82, 2.24) is 8.75 Å². The average Bonchev–Trinajstić information content (AvgIpc) is 3.22. The Kier molecular flexibility index (Phi) is 11.3. The summed E-state index contributed by atoms with van der Waals surface area (Å²) in [6, 6.07) is 0. The number of likely N-dealkylation sites (N-methyl/N-ethyl adjacent to an activating group) is 1. The molecule has 0 saturated heterocycles. The average molecular weight is 455 g/mol. The van der Waals surface area contributed by atoms with Crippen LogP contribution in [-0.2, 0) is 9.47 Å². The van der Waals surface area contributed by atoms with E-state index in [1.165, 1.54) is 31.0 Å². The Hall–Kier alpha value is -1.67. The molecular formula is C23H40N3O4S+. The molecule has 2 rings (SSSR count). The number of carbonyl (C=O) groups excluding carboxylic acids is 1. The van der Waals surface area contributed by atoms with E-state index in [0.29, 0.717) is 30.1 Å². The van der Waals surface area contributed by atoms with Gasteiger partial charge < -0.3 is 14.2 Å². The molecule has 0 N–H and O–H groups in total. The summed E-state index contributed by atoms with van der Waals surface area (Å²) in [5.74, 6) is 0.626. The van der Waals surface area contributed by atoms with Crippen LogP contribution >= 0.6 is 11.7 Å². The van der Waals surface area contributed by atoms with Crippen molar-refractivity contribution in [2.24, 2.45) is 0 Å². The molecule has 8 heteroatoms. The van der Waals surface area contributed by atoms with Crippen molar-refractivity contribution in [3.63, 3.8) is 0 Å². The summed E-state index contributed by atoms with van der Waals surface area (Å²) in [6.07, 6.45) is 11.1. The maximum Gasteiger partial charge on any atom is 0.512 e. The lowest BCUT2D eigenvalue weighted by Gasteiger charge is -2.41. The molecule has 176 valence electrons. The number of hydrogen-bond acceptors (Lipinski definition) is 7. The Morgan fingerprint density at radius 2 is 1.81 bits per heavy atom. The van der Waals surface area contributed by atoms with Crippen molar-refractivity contribution in [3.8, 4) is 5.88 Å². The van der Waals surface area contributed by atoms with Crippen LogP contribution in [0.2, 0.25) is 0 Å². The molecule has 0 radical (unpaired) electrons. The van der Waals surface area contributed by atoms with Gasteiger partial charge in [-0.25, -0.2) is 4.79 Å². The topological polar surface area (TPSA) is 70.5 Å². The van der Waals surface area contributed by atoms with E-state index >= 15 is 0 Å². The highest BCUT2D eigenvalue weighted by atomic mass is 32.1. The number of aromatic nitrogens is 2. The molecule has 0 aromatic carbocycles. The summed E-state index contributed by atoms with van der Waals surface area (Å²) in [5, 5.41) is 0. The predicted molar refractivity (Wildman–Crippen MR) is 124 cm³/mol. The molecule has 7 nitrogen and oxygen atoms in total. The fourth-order valence-electron chi connectivity index (χ4n) is 3.70. The lowest BCUT2D eigenvalue weighted by atomic mass is 10.0. The summed E-state index contributed by atoms with van der Waals surface area (Å²) in [4.78, 5) is 12.1. The molecular weight excluding hydrogens is 414 g/mol. The lowest BCUT2D eigenvalue weighted by Crippen LogP contribution is -2.55. The Balaban J connectivity index is 1.87. The highest BCUT2D eigenvalue weighted by Gasteiger charge is 2.37. The van der Waals surface area contributed by atoms with E-state index in [2.05, 4.69) is 35.7 Å². The molecule has 2 heterocycles. The maximum absolute atomic E-state index is 12.1. The van der Waals surface area contributed by atoms with Gasteiger partial charge >= 0.3 is 6.16 Å². The Morgan fingerprint density at radius 3 is 2.52 bits per heavy atom. The molecule has 1 aromatic heterocycles. The van der Waals surface area contributed by atoms with Crippen LogP contribution in [0.1, 0.15) is 84.3 Å². The predicted octanol–water partition coefficient (Wildman–Crippen LogP) is 5.81. The largest absolute Gasteiger partial charge is 0.512 e. The van der Waals surface area contributed by atoms with E-state index in [1.54, 1.807) is 0 Å². The summed E-state index contributed by atoms with van der Waals surface area (Å²) in [5.41, 5.74) is 1.93. The van der Waals surface area contributed by atoms with Crippen LogP contribution in [0.3, 0.4) is 0 Å². The number of nitrogens with zero attached hydrogens (tertiary/aromatic N) is 3. The Morgan fingerprint density at radius 1 is 1.10 bits per heavy atom. The molecule has 0 saturated carbocycles. The quantitative estimate of drug-likeness (QED) is 0.201. The molecule has 2 unspecified atom stereocenters. The monoisotopic (exact) mass is 454 g/mol. The second-order valence-corrected chi connectivity index (χ2v) is 9.11. The van der Waals surface area contributed by atoms with Gasteiger partial charge in [0.25, 0.3) is 5.88 Å². The third-order valence-electron chi connectivity index (χ3n) is 5.92. The maximum atomic E-state index is 12.1. The lowest BCUT2D eigenvalue weighted by molar-refractivity contribution is -0.944. The van der Waals surface area contributed by atoms with Crippen LogP contribution in [0.15, 0.2) is 6.08 Å². The van der Waals surface area contributed by atoms with Gasteiger partial charge in [-0.3, -0.25) is 4.48 Å². The highest BCUT2D eigenvalue weighted by Crippen LogP contribution is 2.31.